The predicted molar refractivity (Wildman–Crippen MR) is 59.8 cm³/mol. The Bertz CT molecular complexity index is 230. The van der Waals surface area contributed by atoms with Gasteiger partial charge in [-0.1, -0.05) is 20.8 Å². The first-order valence-corrected chi connectivity index (χ1v) is 5.14. The Kier molecular flexibility index (Phi) is 4.31. The summed E-state index contributed by atoms with van der Waals surface area (Å²) < 4.78 is 0. The third-order valence-electron chi connectivity index (χ3n) is 2.93. The summed E-state index contributed by atoms with van der Waals surface area (Å²) in [5.74, 6) is -1.18. The molecule has 4 nitrogen and oxygen atoms in total. The highest BCUT2D eigenvalue weighted by atomic mass is 16.4. The molecule has 2 atom stereocenters. The molecule has 0 heterocycles. The first kappa shape index (κ1) is 14.4. The number of aliphatic carboxylic acids is 1. The number of carboxylic acid groups (broad SMARTS) is 1. The van der Waals surface area contributed by atoms with Gasteiger partial charge in [0.05, 0.1) is 0 Å². The number of carboxylic acids is 1. The Hall–Kier alpha value is -0.610. The van der Waals surface area contributed by atoms with Gasteiger partial charge in [-0.3, -0.25) is 4.90 Å². The van der Waals surface area contributed by atoms with Gasteiger partial charge in [-0.25, -0.2) is 4.79 Å². The van der Waals surface area contributed by atoms with Gasteiger partial charge in [0, 0.05) is 12.6 Å². The molecule has 4 heteroatoms. The van der Waals surface area contributed by atoms with Gasteiger partial charge in [-0.05, 0) is 26.3 Å². The maximum absolute atomic E-state index is 10.8. The lowest BCUT2D eigenvalue weighted by Gasteiger charge is -2.37. The number of likely N-dealkylation sites (N-methyl/N-ethyl adjacent to an activating group) is 1. The van der Waals surface area contributed by atoms with Gasteiger partial charge in [0.25, 0.3) is 0 Å². The van der Waals surface area contributed by atoms with E-state index in [1.807, 2.05) is 18.9 Å². The van der Waals surface area contributed by atoms with Crippen molar-refractivity contribution in [2.24, 2.45) is 5.41 Å². The van der Waals surface area contributed by atoms with Crippen LogP contribution in [-0.2, 0) is 4.79 Å². The van der Waals surface area contributed by atoms with Crippen molar-refractivity contribution < 1.29 is 15.0 Å². The Labute approximate surface area is 91.9 Å². The molecule has 90 valence electrons. The van der Waals surface area contributed by atoms with Crippen molar-refractivity contribution >= 4 is 5.97 Å². The normalized spacial score (nSPS) is 18.7. The summed E-state index contributed by atoms with van der Waals surface area (Å²) >= 11 is 0. The smallest absolute Gasteiger partial charge is 0.336 e. The SMILES string of the molecule is CC(N(C)CC(C)(O)C(=O)O)C(C)(C)C. The minimum absolute atomic E-state index is 0.0589. The van der Waals surface area contributed by atoms with Crippen LogP contribution in [0.4, 0.5) is 0 Å². The minimum atomic E-state index is -1.69. The van der Waals surface area contributed by atoms with E-state index in [4.69, 9.17) is 5.11 Å². The maximum Gasteiger partial charge on any atom is 0.336 e. The molecule has 0 aliphatic rings. The zero-order chi connectivity index (χ0) is 12.4. The third kappa shape index (κ3) is 4.18. The van der Waals surface area contributed by atoms with E-state index in [-0.39, 0.29) is 18.0 Å². The van der Waals surface area contributed by atoms with Crippen molar-refractivity contribution in [1.82, 2.24) is 4.90 Å². The van der Waals surface area contributed by atoms with Crippen LogP contribution >= 0.6 is 0 Å². The summed E-state index contributed by atoms with van der Waals surface area (Å²) in [5, 5.41) is 18.4. The van der Waals surface area contributed by atoms with E-state index in [1.165, 1.54) is 6.92 Å². The lowest BCUT2D eigenvalue weighted by atomic mass is 9.86. The average molecular weight is 217 g/mol. The van der Waals surface area contributed by atoms with Crippen LogP contribution in [0.25, 0.3) is 0 Å². The fourth-order valence-electron chi connectivity index (χ4n) is 1.35. The predicted octanol–water partition coefficient (Wildman–Crippen LogP) is 1.19. The van der Waals surface area contributed by atoms with Crippen molar-refractivity contribution in [2.75, 3.05) is 13.6 Å². The van der Waals surface area contributed by atoms with Crippen LogP contribution in [0, 0.1) is 5.41 Å². The van der Waals surface area contributed by atoms with Gasteiger partial charge in [-0.2, -0.15) is 0 Å². The summed E-state index contributed by atoms with van der Waals surface area (Å²) in [4.78, 5) is 12.6. The number of hydrogen-bond donors (Lipinski definition) is 2. The number of nitrogens with zero attached hydrogens (tertiary/aromatic N) is 1. The molecule has 0 spiro atoms. The van der Waals surface area contributed by atoms with Gasteiger partial charge >= 0.3 is 5.97 Å². The Balaban J connectivity index is 4.50. The monoisotopic (exact) mass is 217 g/mol. The van der Waals surface area contributed by atoms with Crippen LogP contribution < -0.4 is 0 Å². The van der Waals surface area contributed by atoms with E-state index in [0.29, 0.717) is 0 Å². The summed E-state index contributed by atoms with van der Waals surface area (Å²) in [6.07, 6.45) is 0. The molecule has 15 heavy (non-hydrogen) atoms. The lowest BCUT2D eigenvalue weighted by Crippen LogP contribution is -2.50. The topological polar surface area (TPSA) is 60.8 Å². The highest BCUT2D eigenvalue weighted by Crippen LogP contribution is 2.24. The fraction of sp³-hybridized carbons (Fsp3) is 0.909. The largest absolute Gasteiger partial charge is 0.479 e. The van der Waals surface area contributed by atoms with Crippen LogP contribution in [0.1, 0.15) is 34.6 Å². The van der Waals surface area contributed by atoms with Crippen LogP contribution in [0.3, 0.4) is 0 Å². The van der Waals surface area contributed by atoms with Crippen molar-refractivity contribution in [2.45, 2.75) is 46.3 Å². The highest BCUT2D eigenvalue weighted by molar-refractivity contribution is 5.76. The molecule has 0 fully saturated rings. The lowest BCUT2D eigenvalue weighted by molar-refractivity contribution is -0.159. The van der Waals surface area contributed by atoms with Crippen molar-refractivity contribution in [3.05, 3.63) is 0 Å². The molecule has 0 amide bonds. The summed E-state index contributed by atoms with van der Waals surface area (Å²) in [6.45, 7) is 9.73. The van der Waals surface area contributed by atoms with Gasteiger partial charge in [0.1, 0.15) is 0 Å². The van der Waals surface area contributed by atoms with Gasteiger partial charge in [-0.15, -0.1) is 0 Å². The van der Waals surface area contributed by atoms with Crippen LogP contribution in [0.2, 0.25) is 0 Å². The maximum atomic E-state index is 10.8. The molecule has 0 rings (SSSR count). The quantitative estimate of drug-likeness (QED) is 0.742. The molecule has 0 radical (unpaired) electrons. The average Bonchev–Trinajstić information content (AvgIpc) is 2.00. The Morgan fingerprint density at radius 1 is 1.33 bits per heavy atom. The molecule has 0 aromatic heterocycles. The second kappa shape index (κ2) is 4.49. The summed E-state index contributed by atoms with van der Waals surface area (Å²) in [5.41, 5.74) is -1.63. The summed E-state index contributed by atoms with van der Waals surface area (Å²) in [6, 6.07) is 0.198. The number of rotatable bonds is 4. The molecular formula is C11H23NO3. The van der Waals surface area contributed by atoms with Crippen LogP contribution in [-0.4, -0.2) is 46.3 Å². The fourth-order valence-corrected chi connectivity index (χ4v) is 1.35. The van der Waals surface area contributed by atoms with E-state index in [2.05, 4.69) is 20.8 Å². The highest BCUT2D eigenvalue weighted by Gasteiger charge is 2.34. The number of carbonyl (C=O) groups is 1. The molecule has 2 unspecified atom stereocenters. The Morgan fingerprint density at radius 3 is 2.00 bits per heavy atom. The van der Waals surface area contributed by atoms with Crippen LogP contribution in [0.15, 0.2) is 0 Å². The first-order chi connectivity index (χ1) is 6.48. The van der Waals surface area contributed by atoms with Gasteiger partial charge in [0.15, 0.2) is 5.60 Å². The molecule has 0 aromatic carbocycles. The molecule has 0 bridgehead atoms. The van der Waals surface area contributed by atoms with E-state index in [0.717, 1.165) is 0 Å². The zero-order valence-corrected chi connectivity index (χ0v) is 10.5. The minimum Gasteiger partial charge on any atom is -0.479 e. The standard InChI is InChI=1S/C11H23NO3/c1-8(10(2,3)4)12(6)7-11(5,15)9(13)14/h8,15H,7H2,1-6H3,(H,13,14). The first-order valence-electron chi connectivity index (χ1n) is 5.14. The Morgan fingerprint density at radius 2 is 1.73 bits per heavy atom. The van der Waals surface area contributed by atoms with E-state index in [1.54, 1.807) is 0 Å². The second-order valence-electron chi connectivity index (χ2n) is 5.54. The molecule has 0 aliphatic carbocycles. The van der Waals surface area contributed by atoms with Gasteiger partial charge in [0.2, 0.25) is 0 Å². The van der Waals surface area contributed by atoms with E-state index >= 15 is 0 Å². The molecular weight excluding hydrogens is 194 g/mol. The molecule has 2 N–H and O–H groups in total. The second-order valence-corrected chi connectivity index (χ2v) is 5.54. The van der Waals surface area contributed by atoms with E-state index < -0.39 is 11.6 Å². The van der Waals surface area contributed by atoms with Crippen molar-refractivity contribution in [3.8, 4) is 0 Å². The molecule has 0 aromatic rings. The number of aliphatic hydroxyl groups is 1. The molecule has 0 saturated heterocycles. The number of hydrogen-bond acceptors (Lipinski definition) is 3. The van der Waals surface area contributed by atoms with Gasteiger partial charge < -0.3 is 10.2 Å². The summed E-state index contributed by atoms with van der Waals surface area (Å²) in [7, 11) is 1.83. The van der Waals surface area contributed by atoms with Crippen molar-refractivity contribution in [1.29, 1.82) is 0 Å². The zero-order valence-electron chi connectivity index (χ0n) is 10.5. The van der Waals surface area contributed by atoms with Crippen molar-refractivity contribution in [3.63, 3.8) is 0 Å². The van der Waals surface area contributed by atoms with E-state index in [9.17, 15) is 9.90 Å². The van der Waals surface area contributed by atoms with Crippen LogP contribution in [0.5, 0.6) is 0 Å². The molecule has 0 aliphatic heterocycles. The third-order valence-corrected chi connectivity index (χ3v) is 2.93. The molecule has 0 saturated carbocycles.